The van der Waals surface area contributed by atoms with Gasteiger partial charge >= 0.3 is 0 Å². The summed E-state index contributed by atoms with van der Waals surface area (Å²) in [5.74, 6) is -0.358. The minimum absolute atomic E-state index is 0.343. The number of thiophene rings is 1. The lowest BCUT2D eigenvalue weighted by Crippen LogP contribution is -2.16. The molecular formula is C13H11FN2S. The van der Waals surface area contributed by atoms with Crippen molar-refractivity contribution in [2.24, 2.45) is 0 Å². The summed E-state index contributed by atoms with van der Waals surface area (Å²) < 4.78 is 13.7. The molecule has 0 atom stereocenters. The van der Waals surface area contributed by atoms with Gasteiger partial charge in [-0.3, -0.25) is 0 Å². The van der Waals surface area contributed by atoms with E-state index in [1.165, 1.54) is 10.9 Å². The van der Waals surface area contributed by atoms with E-state index < -0.39 is 0 Å². The molecule has 1 aromatic carbocycles. The van der Waals surface area contributed by atoms with Crippen LogP contribution in [0.2, 0.25) is 0 Å². The van der Waals surface area contributed by atoms with Gasteiger partial charge in [0.25, 0.3) is 0 Å². The van der Waals surface area contributed by atoms with Crippen molar-refractivity contribution in [2.45, 2.75) is 6.54 Å². The highest BCUT2D eigenvalue weighted by Crippen LogP contribution is 2.22. The van der Waals surface area contributed by atoms with Gasteiger partial charge in [-0.1, -0.05) is 6.07 Å². The maximum Gasteiger partial charge on any atom is 0.147 e. The van der Waals surface area contributed by atoms with E-state index in [1.54, 1.807) is 23.5 Å². The van der Waals surface area contributed by atoms with Crippen LogP contribution >= 0.6 is 11.3 Å². The van der Waals surface area contributed by atoms with Crippen molar-refractivity contribution < 1.29 is 4.39 Å². The largest absolute Gasteiger partial charge is 0.367 e. The first-order valence-corrected chi connectivity index (χ1v) is 6.02. The Hall–Kier alpha value is -1.86. The van der Waals surface area contributed by atoms with Crippen LogP contribution < -0.4 is 4.90 Å². The minimum Gasteiger partial charge on any atom is -0.367 e. The molecule has 0 aliphatic heterocycles. The Bertz CT molecular complexity index is 543. The lowest BCUT2D eigenvalue weighted by molar-refractivity contribution is 0.622. The van der Waals surface area contributed by atoms with Crippen LogP contribution in [-0.4, -0.2) is 7.05 Å². The number of hydrogen-bond donors (Lipinski definition) is 0. The molecular weight excluding hydrogens is 235 g/mol. The summed E-state index contributed by atoms with van der Waals surface area (Å²) in [6.07, 6.45) is 0. The molecule has 0 radical (unpaired) electrons. The van der Waals surface area contributed by atoms with Gasteiger partial charge in [-0.2, -0.15) is 5.26 Å². The van der Waals surface area contributed by atoms with Gasteiger partial charge in [0.05, 0.1) is 23.9 Å². The second-order valence-electron chi connectivity index (χ2n) is 3.71. The van der Waals surface area contributed by atoms with Crippen LogP contribution in [0.15, 0.2) is 35.7 Å². The summed E-state index contributed by atoms with van der Waals surface area (Å²) in [7, 11) is 1.84. The average molecular weight is 246 g/mol. The van der Waals surface area contributed by atoms with Crippen LogP contribution in [0.1, 0.15) is 10.4 Å². The summed E-state index contributed by atoms with van der Waals surface area (Å²) in [4.78, 5) is 3.01. The zero-order valence-electron chi connectivity index (χ0n) is 9.35. The maximum absolute atomic E-state index is 13.7. The normalized spacial score (nSPS) is 9.94. The Labute approximate surface area is 104 Å². The van der Waals surface area contributed by atoms with Crippen LogP contribution in [0.3, 0.4) is 0 Å². The SMILES string of the molecule is CN(Cc1cccs1)c1ccc(C#N)cc1F. The molecule has 0 N–H and O–H groups in total. The van der Waals surface area contributed by atoms with Gasteiger partial charge < -0.3 is 4.90 Å². The Balaban J connectivity index is 2.20. The molecule has 2 rings (SSSR count). The van der Waals surface area contributed by atoms with Crippen molar-refractivity contribution >= 4 is 17.0 Å². The van der Waals surface area contributed by atoms with Gasteiger partial charge in [-0.15, -0.1) is 11.3 Å². The van der Waals surface area contributed by atoms with E-state index in [9.17, 15) is 4.39 Å². The molecule has 1 heterocycles. The van der Waals surface area contributed by atoms with E-state index in [2.05, 4.69) is 0 Å². The first-order valence-electron chi connectivity index (χ1n) is 5.14. The molecule has 0 bridgehead atoms. The average Bonchev–Trinajstić information content (AvgIpc) is 2.81. The maximum atomic E-state index is 13.7. The highest BCUT2D eigenvalue weighted by Gasteiger charge is 2.09. The van der Waals surface area contributed by atoms with Crippen molar-refractivity contribution in [1.29, 1.82) is 5.26 Å². The summed E-state index contributed by atoms with van der Waals surface area (Å²) in [6, 6.07) is 10.4. The van der Waals surface area contributed by atoms with Crippen molar-refractivity contribution in [1.82, 2.24) is 0 Å². The van der Waals surface area contributed by atoms with Gasteiger partial charge in [0, 0.05) is 11.9 Å². The van der Waals surface area contributed by atoms with E-state index in [4.69, 9.17) is 5.26 Å². The quantitative estimate of drug-likeness (QED) is 0.830. The van der Waals surface area contributed by atoms with Crippen molar-refractivity contribution in [3.8, 4) is 6.07 Å². The van der Waals surface area contributed by atoms with Crippen LogP contribution in [0.25, 0.3) is 0 Å². The summed E-state index contributed by atoms with van der Waals surface area (Å²) in [5, 5.41) is 10.7. The van der Waals surface area contributed by atoms with E-state index in [-0.39, 0.29) is 5.82 Å². The number of rotatable bonds is 3. The molecule has 1 aromatic heterocycles. The van der Waals surface area contributed by atoms with Gasteiger partial charge in [0.1, 0.15) is 5.82 Å². The summed E-state index contributed by atoms with van der Waals surface area (Å²) in [6.45, 7) is 0.667. The molecule has 2 aromatic rings. The van der Waals surface area contributed by atoms with Gasteiger partial charge in [-0.25, -0.2) is 4.39 Å². The molecule has 4 heteroatoms. The van der Waals surface area contributed by atoms with Gasteiger partial charge in [0.2, 0.25) is 0 Å². The molecule has 86 valence electrons. The Morgan fingerprint density at radius 1 is 1.41 bits per heavy atom. The molecule has 0 saturated carbocycles. The molecule has 0 saturated heterocycles. The predicted octanol–water partition coefficient (Wildman–Crippen LogP) is 3.40. The molecule has 0 aliphatic rings. The second kappa shape index (κ2) is 4.98. The first-order chi connectivity index (χ1) is 8.20. The fourth-order valence-electron chi connectivity index (χ4n) is 1.61. The molecule has 17 heavy (non-hydrogen) atoms. The zero-order chi connectivity index (χ0) is 12.3. The van der Waals surface area contributed by atoms with E-state index >= 15 is 0 Å². The number of anilines is 1. The lowest BCUT2D eigenvalue weighted by atomic mass is 10.2. The van der Waals surface area contributed by atoms with Crippen molar-refractivity contribution in [3.05, 3.63) is 52.0 Å². The monoisotopic (exact) mass is 246 g/mol. The Morgan fingerprint density at radius 3 is 2.82 bits per heavy atom. The fraction of sp³-hybridized carbons (Fsp3) is 0.154. The van der Waals surface area contributed by atoms with Crippen molar-refractivity contribution in [3.63, 3.8) is 0 Å². The Morgan fingerprint density at radius 2 is 2.24 bits per heavy atom. The third kappa shape index (κ3) is 2.63. The predicted molar refractivity (Wildman–Crippen MR) is 67.5 cm³/mol. The lowest BCUT2D eigenvalue weighted by Gasteiger charge is -2.19. The van der Waals surface area contributed by atoms with E-state index in [1.807, 2.05) is 35.5 Å². The highest BCUT2D eigenvalue weighted by atomic mass is 32.1. The molecule has 0 amide bonds. The minimum atomic E-state index is -0.358. The van der Waals surface area contributed by atoms with Crippen LogP contribution in [0.4, 0.5) is 10.1 Å². The van der Waals surface area contributed by atoms with E-state index in [0.717, 1.165) is 0 Å². The summed E-state index contributed by atoms with van der Waals surface area (Å²) in [5.41, 5.74) is 0.855. The number of halogens is 1. The molecule has 0 unspecified atom stereocenters. The number of nitriles is 1. The van der Waals surface area contributed by atoms with Gasteiger partial charge in [0.15, 0.2) is 0 Å². The molecule has 0 fully saturated rings. The van der Waals surface area contributed by atoms with Crippen LogP contribution in [0.5, 0.6) is 0 Å². The Kier molecular flexibility index (Phi) is 3.40. The third-order valence-corrected chi connectivity index (χ3v) is 3.32. The molecule has 0 spiro atoms. The smallest absolute Gasteiger partial charge is 0.147 e. The molecule has 2 nitrogen and oxygen atoms in total. The highest BCUT2D eigenvalue weighted by molar-refractivity contribution is 7.09. The van der Waals surface area contributed by atoms with Gasteiger partial charge in [-0.05, 0) is 29.6 Å². The van der Waals surface area contributed by atoms with E-state index in [0.29, 0.717) is 17.8 Å². The number of nitrogens with zero attached hydrogens (tertiary/aromatic N) is 2. The fourth-order valence-corrected chi connectivity index (χ4v) is 2.36. The second-order valence-corrected chi connectivity index (χ2v) is 4.75. The first kappa shape index (κ1) is 11.6. The number of benzene rings is 1. The van der Waals surface area contributed by atoms with Crippen molar-refractivity contribution in [2.75, 3.05) is 11.9 Å². The standard InChI is InChI=1S/C13H11FN2S/c1-16(9-11-3-2-6-17-11)13-5-4-10(8-15)7-12(13)14/h2-7H,9H2,1H3. The van der Waals surface area contributed by atoms with Crippen LogP contribution in [0, 0.1) is 17.1 Å². The molecule has 0 aliphatic carbocycles. The topological polar surface area (TPSA) is 27.0 Å². The summed E-state index contributed by atoms with van der Waals surface area (Å²) >= 11 is 1.64. The number of hydrogen-bond acceptors (Lipinski definition) is 3. The van der Waals surface area contributed by atoms with Crippen LogP contribution in [-0.2, 0) is 6.54 Å². The zero-order valence-corrected chi connectivity index (χ0v) is 10.2. The third-order valence-electron chi connectivity index (χ3n) is 2.46.